The Kier molecular flexibility index (Phi) is 7.14. The molecule has 1 aliphatic rings. The van der Waals surface area contributed by atoms with Gasteiger partial charge in [-0.25, -0.2) is 8.91 Å². The molecule has 5 rings (SSSR count). The molecule has 0 amide bonds. The Morgan fingerprint density at radius 2 is 1.89 bits per heavy atom. The molecule has 0 bridgehead atoms. The molecule has 11 heteroatoms. The number of fused-ring (bicyclic) bond motifs is 1. The number of aromatic nitrogens is 4. The number of carbonyl (C=O) groups excluding carboxylic acids is 1. The van der Waals surface area contributed by atoms with E-state index >= 15 is 0 Å². The summed E-state index contributed by atoms with van der Waals surface area (Å²) in [5, 5.41) is 28.2. The van der Waals surface area contributed by atoms with Crippen molar-refractivity contribution in [3.05, 3.63) is 65.5 Å². The van der Waals surface area contributed by atoms with E-state index < -0.39 is 5.82 Å². The quantitative estimate of drug-likeness (QED) is 0.360. The molecule has 2 N–H and O–H groups in total. The summed E-state index contributed by atoms with van der Waals surface area (Å²) in [6.07, 6.45) is 8.23. The predicted octanol–water partition coefficient (Wildman–Crippen LogP) is 4.53. The SMILES string of the molecule is Cc1c(-c2cc(Sc3ccc(F)cc3C#N)c3c(C#N)cnn3c2)cnn1[C@H]1CC[C@H](OC(=O)CN)CC1. The van der Waals surface area contributed by atoms with Crippen LogP contribution in [0.4, 0.5) is 4.39 Å². The molecule has 0 radical (unpaired) electrons. The largest absolute Gasteiger partial charge is 0.461 e. The van der Waals surface area contributed by atoms with Crippen molar-refractivity contribution in [2.24, 2.45) is 5.73 Å². The molecule has 0 unspecified atom stereocenters. The van der Waals surface area contributed by atoms with Crippen LogP contribution in [0.3, 0.4) is 0 Å². The van der Waals surface area contributed by atoms with Gasteiger partial charge in [0, 0.05) is 32.8 Å². The molecule has 0 saturated heterocycles. The monoisotopic (exact) mass is 529 g/mol. The van der Waals surface area contributed by atoms with Crippen molar-refractivity contribution in [3.63, 3.8) is 0 Å². The zero-order valence-corrected chi connectivity index (χ0v) is 21.4. The topological polar surface area (TPSA) is 135 Å². The predicted molar refractivity (Wildman–Crippen MR) is 138 cm³/mol. The van der Waals surface area contributed by atoms with Gasteiger partial charge in [-0.05, 0) is 56.9 Å². The van der Waals surface area contributed by atoms with E-state index in [0.29, 0.717) is 20.9 Å². The lowest BCUT2D eigenvalue weighted by Gasteiger charge is -2.29. The van der Waals surface area contributed by atoms with Gasteiger partial charge in [0.2, 0.25) is 0 Å². The molecule has 1 aliphatic carbocycles. The van der Waals surface area contributed by atoms with E-state index in [4.69, 9.17) is 10.5 Å². The lowest BCUT2D eigenvalue weighted by atomic mass is 9.92. The fourth-order valence-corrected chi connectivity index (χ4v) is 5.98. The van der Waals surface area contributed by atoms with Gasteiger partial charge in [-0.2, -0.15) is 20.7 Å². The van der Waals surface area contributed by atoms with Crippen LogP contribution in [-0.2, 0) is 9.53 Å². The van der Waals surface area contributed by atoms with E-state index in [1.807, 2.05) is 36.1 Å². The van der Waals surface area contributed by atoms with Gasteiger partial charge in [-0.3, -0.25) is 9.48 Å². The van der Waals surface area contributed by atoms with Gasteiger partial charge >= 0.3 is 5.97 Å². The van der Waals surface area contributed by atoms with Crippen LogP contribution < -0.4 is 5.73 Å². The molecular weight excluding hydrogens is 505 g/mol. The van der Waals surface area contributed by atoms with Crippen LogP contribution in [0, 0.1) is 35.4 Å². The highest BCUT2D eigenvalue weighted by Gasteiger charge is 2.27. The molecular formula is C27H24FN7O2S. The minimum atomic E-state index is -0.485. The highest BCUT2D eigenvalue weighted by molar-refractivity contribution is 7.99. The molecule has 1 fully saturated rings. The number of nitrogens with zero attached hydrogens (tertiary/aromatic N) is 6. The number of ether oxygens (including phenoxy) is 1. The third-order valence-electron chi connectivity index (χ3n) is 6.79. The number of nitrogens with two attached hydrogens (primary N) is 1. The van der Waals surface area contributed by atoms with Crippen LogP contribution in [0.5, 0.6) is 0 Å². The van der Waals surface area contributed by atoms with E-state index in [-0.39, 0.29) is 30.2 Å². The molecule has 3 aromatic heterocycles. The lowest BCUT2D eigenvalue weighted by molar-refractivity contribution is -0.149. The summed E-state index contributed by atoms with van der Waals surface area (Å²) in [4.78, 5) is 12.8. The third-order valence-corrected chi connectivity index (χ3v) is 7.90. The summed E-state index contributed by atoms with van der Waals surface area (Å²) in [6, 6.07) is 10.4. The van der Waals surface area contributed by atoms with Crippen molar-refractivity contribution < 1.29 is 13.9 Å². The van der Waals surface area contributed by atoms with Crippen LogP contribution in [0.1, 0.15) is 48.5 Å². The van der Waals surface area contributed by atoms with E-state index in [9.17, 15) is 19.7 Å². The molecule has 1 saturated carbocycles. The second-order valence-corrected chi connectivity index (χ2v) is 10.2. The van der Waals surface area contributed by atoms with Gasteiger partial charge in [-0.1, -0.05) is 11.8 Å². The number of pyridine rings is 1. The number of hydrogen-bond donors (Lipinski definition) is 1. The number of nitriles is 2. The van der Waals surface area contributed by atoms with Crippen molar-refractivity contribution in [1.82, 2.24) is 19.4 Å². The summed E-state index contributed by atoms with van der Waals surface area (Å²) < 4.78 is 22.8. The maximum atomic E-state index is 13.7. The standard InChI is InChI=1S/C27H24FN7O2S/c1-16-23(14-33-35(16)21-3-5-22(6-4-21)37-26(36)12-31)18-9-25(27-19(11-30)13-32-34(27)15-18)38-24-7-2-20(28)8-17(24)10-29/h2,7-9,13-15,21-22H,3-6,12,31H2,1H3/t21-,22-. The first-order valence-electron chi connectivity index (χ1n) is 12.1. The molecule has 9 nitrogen and oxygen atoms in total. The van der Waals surface area contributed by atoms with E-state index in [0.717, 1.165) is 42.5 Å². The zero-order valence-electron chi connectivity index (χ0n) is 20.6. The fraction of sp³-hybridized carbons (Fsp3) is 0.296. The molecule has 0 spiro atoms. The number of carbonyl (C=O) groups is 1. The fourth-order valence-electron chi connectivity index (χ4n) is 4.90. The van der Waals surface area contributed by atoms with Crippen LogP contribution in [-0.4, -0.2) is 38.0 Å². The first-order chi connectivity index (χ1) is 18.4. The minimum Gasteiger partial charge on any atom is -0.461 e. The molecule has 3 heterocycles. The van der Waals surface area contributed by atoms with Crippen molar-refractivity contribution in [3.8, 4) is 23.3 Å². The molecule has 1 aromatic carbocycles. The Labute approximate surface area is 222 Å². The summed E-state index contributed by atoms with van der Waals surface area (Å²) in [6.45, 7) is 1.90. The number of esters is 1. The average Bonchev–Trinajstić information content (AvgIpc) is 3.53. The highest BCUT2D eigenvalue weighted by atomic mass is 32.2. The Morgan fingerprint density at radius 1 is 1.13 bits per heavy atom. The Bertz CT molecular complexity index is 1610. The molecule has 0 aliphatic heterocycles. The van der Waals surface area contributed by atoms with Gasteiger partial charge in [0.1, 0.15) is 24.1 Å². The van der Waals surface area contributed by atoms with Crippen molar-refractivity contribution in [1.29, 1.82) is 10.5 Å². The van der Waals surface area contributed by atoms with Crippen LogP contribution >= 0.6 is 11.8 Å². The average molecular weight is 530 g/mol. The lowest BCUT2D eigenvalue weighted by Crippen LogP contribution is -2.29. The van der Waals surface area contributed by atoms with E-state index in [2.05, 4.69) is 16.3 Å². The summed E-state index contributed by atoms with van der Waals surface area (Å²) in [5.74, 6) is -0.864. The number of hydrogen-bond acceptors (Lipinski definition) is 8. The first-order valence-corrected chi connectivity index (χ1v) is 13.0. The smallest absolute Gasteiger partial charge is 0.319 e. The second kappa shape index (κ2) is 10.7. The zero-order chi connectivity index (χ0) is 26.8. The molecule has 0 atom stereocenters. The van der Waals surface area contributed by atoms with Gasteiger partial charge in [0.25, 0.3) is 0 Å². The Balaban J connectivity index is 1.48. The minimum absolute atomic E-state index is 0.112. The maximum Gasteiger partial charge on any atom is 0.319 e. The number of rotatable bonds is 6. The van der Waals surface area contributed by atoms with Gasteiger partial charge in [0.05, 0.1) is 41.6 Å². The second-order valence-electron chi connectivity index (χ2n) is 9.12. The highest BCUT2D eigenvalue weighted by Crippen LogP contribution is 2.39. The van der Waals surface area contributed by atoms with Crippen molar-refractivity contribution in [2.45, 2.75) is 54.5 Å². The maximum absolute atomic E-state index is 13.7. The van der Waals surface area contributed by atoms with Crippen LogP contribution in [0.2, 0.25) is 0 Å². The van der Waals surface area contributed by atoms with E-state index in [1.54, 1.807) is 10.6 Å². The molecule has 4 aromatic rings. The normalized spacial score (nSPS) is 17.2. The molecule has 38 heavy (non-hydrogen) atoms. The number of benzene rings is 1. The van der Waals surface area contributed by atoms with Gasteiger partial charge in [0.15, 0.2) is 0 Å². The van der Waals surface area contributed by atoms with Gasteiger partial charge in [-0.15, -0.1) is 0 Å². The van der Waals surface area contributed by atoms with E-state index in [1.165, 1.54) is 30.1 Å². The van der Waals surface area contributed by atoms with Crippen LogP contribution in [0.25, 0.3) is 16.6 Å². The van der Waals surface area contributed by atoms with Crippen molar-refractivity contribution >= 4 is 23.2 Å². The molecule has 192 valence electrons. The summed E-state index contributed by atoms with van der Waals surface area (Å²) in [7, 11) is 0. The number of halogens is 1. The van der Waals surface area contributed by atoms with Gasteiger partial charge < -0.3 is 10.5 Å². The first kappa shape index (κ1) is 25.5. The third kappa shape index (κ3) is 4.86. The Hall–Kier alpha value is -4.19. The summed E-state index contributed by atoms with van der Waals surface area (Å²) in [5.41, 5.74) is 9.34. The van der Waals surface area contributed by atoms with Crippen LogP contribution in [0.15, 0.2) is 52.6 Å². The summed E-state index contributed by atoms with van der Waals surface area (Å²) >= 11 is 1.29. The Morgan fingerprint density at radius 3 is 2.61 bits per heavy atom. The van der Waals surface area contributed by atoms with Crippen molar-refractivity contribution in [2.75, 3.05) is 6.54 Å².